The van der Waals surface area contributed by atoms with E-state index in [1.807, 2.05) is 0 Å². The molecule has 1 aliphatic heterocycles. The minimum Gasteiger partial charge on any atom is -0.324 e. The number of piperidine rings is 1. The van der Waals surface area contributed by atoms with E-state index >= 15 is 0 Å². The summed E-state index contributed by atoms with van der Waals surface area (Å²) in [6.07, 6.45) is 2.05. The van der Waals surface area contributed by atoms with Crippen LogP contribution in [0.4, 0.5) is 4.39 Å². The van der Waals surface area contributed by atoms with Gasteiger partial charge in [-0.15, -0.1) is 11.6 Å². The van der Waals surface area contributed by atoms with Crippen molar-refractivity contribution in [1.82, 2.24) is 14.5 Å². The highest BCUT2D eigenvalue weighted by molar-refractivity contribution is 6.31. The second-order valence-corrected chi connectivity index (χ2v) is 6.00. The van der Waals surface area contributed by atoms with E-state index in [0.29, 0.717) is 17.4 Å². The van der Waals surface area contributed by atoms with Gasteiger partial charge in [0.05, 0.1) is 21.9 Å². The molecule has 0 radical (unpaired) electrons. The molecule has 3 rings (SSSR count). The van der Waals surface area contributed by atoms with Crippen LogP contribution < -0.4 is 0 Å². The Morgan fingerprint density at radius 3 is 2.70 bits per heavy atom. The van der Waals surface area contributed by atoms with Gasteiger partial charge in [-0.25, -0.2) is 9.37 Å². The van der Waals surface area contributed by atoms with Crippen LogP contribution in [0, 0.1) is 5.82 Å². The predicted molar refractivity (Wildman–Crippen MR) is 80.0 cm³/mol. The van der Waals surface area contributed by atoms with Gasteiger partial charge in [-0.2, -0.15) is 0 Å². The lowest BCUT2D eigenvalue weighted by Crippen LogP contribution is -2.32. The van der Waals surface area contributed by atoms with Crippen molar-refractivity contribution >= 4 is 34.2 Å². The molecule has 0 N–H and O–H groups in total. The Morgan fingerprint density at radius 2 is 2.05 bits per heavy atom. The number of likely N-dealkylation sites (tertiary alicyclic amines) is 1. The van der Waals surface area contributed by atoms with Gasteiger partial charge in [0.1, 0.15) is 11.6 Å². The average molecular weight is 316 g/mol. The fourth-order valence-corrected chi connectivity index (χ4v) is 3.24. The molecule has 1 aromatic heterocycles. The molecule has 0 amide bonds. The first-order valence-corrected chi connectivity index (χ1v) is 7.61. The lowest BCUT2D eigenvalue weighted by molar-refractivity contribution is 0.222. The Labute approximate surface area is 127 Å². The monoisotopic (exact) mass is 315 g/mol. The lowest BCUT2D eigenvalue weighted by atomic mass is 10.0. The molecule has 2 aromatic rings. The summed E-state index contributed by atoms with van der Waals surface area (Å²) in [5.74, 6) is 0.701. The Balaban J connectivity index is 2.10. The molecule has 1 fully saturated rings. The van der Waals surface area contributed by atoms with Crippen molar-refractivity contribution < 1.29 is 4.39 Å². The fraction of sp³-hybridized carbons (Fsp3) is 0.500. The second kappa shape index (κ2) is 5.51. The first-order chi connectivity index (χ1) is 9.60. The quantitative estimate of drug-likeness (QED) is 0.785. The molecule has 0 unspecified atom stereocenters. The Hall–Kier alpha value is -0.840. The van der Waals surface area contributed by atoms with Crippen molar-refractivity contribution in [2.45, 2.75) is 24.8 Å². The van der Waals surface area contributed by atoms with Gasteiger partial charge in [0.25, 0.3) is 0 Å². The Morgan fingerprint density at radius 1 is 1.35 bits per heavy atom. The molecule has 2 heterocycles. The van der Waals surface area contributed by atoms with Gasteiger partial charge in [-0.3, -0.25) is 0 Å². The van der Waals surface area contributed by atoms with Gasteiger partial charge in [0, 0.05) is 12.1 Å². The van der Waals surface area contributed by atoms with Crippen LogP contribution >= 0.6 is 23.2 Å². The van der Waals surface area contributed by atoms with Crippen molar-refractivity contribution in [3.63, 3.8) is 0 Å². The number of alkyl halides is 1. The van der Waals surface area contributed by atoms with Crippen LogP contribution in [0.1, 0.15) is 24.7 Å². The van der Waals surface area contributed by atoms with Crippen molar-refractivity contribution in [2.24, 2.45) is 0 Å². The molecular formula is C14H16Cl2FN3. The number of nitrogens with zero attached hydrogens (tertiary/aromatic N) is 3. The van der Waals surface area contributed by atoms with E-state index in [0.717, 1.165) is 37.3 Å². The number of halogens is 3. The zero-order valence-corrected chi connectivity index (χ0v) is 12.8. The number of fused-ring (bicyclic) bond motifs is 1. The summed E-state index contributed by atoms with van der Waals surface area (Å²) in [5.41, 5.74) is 1.50. The first-order valence-electron chi connectivity index (χ1n) is 6.70. The number of aromatic nitrogens is 2. The molecule has 0 bridgehead atoms. The standard InChI is InChI=1S/C14H16Cl2FN3/c1-19-4-2-9(3-5-19)20-13-7-11(17)10(16)6-12(13)18-14(20)8-15/h6-7,9H,2-5,8H2,1H3. The van der Waals surface area contributed by atoms with Gasteiger partial charge in [-0.05, 0) is 39.0 Å². The van der Waals surface area contributed by atoms with Gasteiger partial charge in [0.15, 0.2) is 0 Å². The Kier molecular flexibility index (Phi) is 3.89. The highest BCUT2D eigenvalue weighted by atomic mass is 35.5. The number of hydrogen-bond acceptors (Lipinski definition) is 2. The molecule has 1 aromatic carbocycles. The van der Waals surface area contributed by atoms with E-state index in [1.54, 1.807) is 6.07 Å². The normalized spacial score (nSPS) is 18.0. The van der Waals surface area contributed by atoms with Gasteiger partial charge in [0.2, 0.25) is 0 Å². The van der Waals surface area contributed by atoms with Crippen LogP contribution in [0.3, 0.4) is 0 Å². The number of imidazole rings is 1. The molecular weight excluding hydrogens is 300 g/mol. The van der Waals surface area contributed by atoms with Crippen LogP contribution in [-0.4, -0.2) is 34.6 Å². The maximum atomic E-state index is 13.8. The van der Waals surface area contributed by atoms with Gasteiger partial charge >= 0.3 is 0 Å². The zero-order valence-electron chi connectivity index (χ0n) is 11.2. The van der Waals surface area contributed by atoms with Gasteiger partial charge < -0.3 is 9.47 Å². The average Bonchev–Trinajstić information content (AvgIpc) is 2.78. The van der Waals surface area contributed by atoms with Crippen molar-refractivity contribution in [3.8, 4) is 0 Å². The summed E-state index contributed by atoms with van der Waals surface area (Å²) < 4.78 is 15.8. The highest BCUT2D eigenvalue weighted by Crippen LogP contribution is 2.31. The molecule has 0 atom stereocenters. The van der Waals surface area contributed by atoms with E-state index in [4.69, 9.17) is 23.2 Å². The van der Waals surface area contributed by atoms with Crippen LogP contribution in [0.25, 0.3) is 11.0 Å². The molecule has 0 saturated carbocycles. The lowest BCUT2D eigenvalue weighted by Gasteiger charge is -2.31. The van der Waals surface area contributed by atoms with Crippen LogP contribution in [0.5, 0.6) is 0 Å². The van der Waals surface area contributed by atoms with Crippen LogP contribution in [0.15, 0.2) is 12.1 Å². The smallest absolute Gasteiger partial charge is 0.144 e. The molecule has 0 aliphatic carbocycles. The maximum Gasteiger partial charge on any atom is 0.144 e. The van der Waals surface area contributed by atoms with E-state index in [2.05, 4.69) is 21.5 Å². The molecule has 6 heteroatoms. The third-order valence-corrected chi connectivity index (χ3v) is 4.51. The van der Waals surface area contributed by atoms with E-state index in [9.17, 15) is 4.39 Å². The van der Waals surface area contributed by atoms with Crippen molar-refractivity contribution in [3.05, 3.63) is 28.8 Å². The summed E-state index contributed by atoms with van der Waals surface area (Å²) in [7, 11) is 2.12. The number of hydrogen-bond donors (Lipinski definition) is 0. The summed E-state index contributed by atoms with van der Waals surface area (Å²) >= 11 is 11.8. The summed E-state index contributed by atoms with van der Waals surface area (Å²) in [4.78, 5) is 6.79. The van der Waals surface area contributed by atoms with E-state index in [1.165, 1.54) is 6.07 Å². The summed E-state index contributed by atoms with van der Waals surface area (Å²) in [6, 6.07) is 3.37. The zero-order chi connectivity index (χ0) is 14.3. The van der Waals surface area contributed by atoms with E-state index < -0.39 is 5.82 Å². The SMILES string of the molecule is CN1CCC(n2c(CCl)nc3cc(Cl)c(F)cc32)CC1. The van der Waals surface area contributed by atoms with Crippen molar-refractivity contribution in [1.29, 1.82) is 0 Å². The molecule has 0 spiro atoms. The summed E-state index contributed by atoms with van der Waals surface area (Å²) in [6.45, 7) is 2.06. The predicted octanol–water partition coefficient (Wildman–Crippen LogP) is 3.83. The first kappa shape index (κ1) is 14.1. The summed E-state index contributed by atoms with van der Waals surface area (Å²) in [5, 5.41) is 0.103. The second-order valence-electron chi connectivity index (χ2n) is 5.32. The van der Waals surface area contributed by atoms with Crippen LogP contribution in [0.2, 0.25) is 5.02 Å². The largest absolute Gasteiger partial charge is 0.324 e. The fourth-order valence-electron chi connectivity index (χ4n) is 2.90. The van der Waals surface area contributed by atoms with Gasteiger partial charge in [-0.1, -0.05) is 11.6 Å². The third-order valence-electron chi connectivity index (χ3n) is 3.98. The van der Waals surface area contributed by atoms with Crippen LogP contribution in [-0.2, 0) is 5.88 Å². The third kappa shape index (κ3) is 2.41. The molecule has 1 aliphatic rings. The highest BCUT2D eigenvalue weighted by Gasteiger charge is 2.23. The Bertz CT molecular complexity index is 633. The number of rotatable bonds is 2. The number of benzene rings is 1. The molecule has 108 valence electrons. The maximum absolute atomic E-state index is 13.8. The molecule has 20 heavy (non-hydrogen) atoms. The molecule has 3 nitrogen and oxygen atoms in total. The topological polar surface area (TPSA) is 21.1 Å². The minimum absolute atomic E-state index is 0.103. The van der Waals surface area contributed by atoms with E-state index in [-0.39, 0.29) is 5.02 Å². The van der Waals surface area contributed by atoms with Crippen molar-refractivity contribution in [2.75, 3.05) is 20.1 Å². The minimum atomic E-state index is -0.408. The molecule has 1 saturated heterocycles.